The second-order valence-corrected chi connectivity index (χ2v) is 6.79. The number of nitrogens with one attached hydrogen (secondary N) is 1. The summed E-state index contributed by atoms with van der Waals surface area (Å²) in [5.74, 6) is 5.67. The van der Waals surface area contributed by atoms with E-state index in [-0.39, 0.29) is 12.5 Å². The molecule has 3 nitrogen and oxygen atoms in total. The van der Waals surface area contributed by atoms with Crippen molar-refractivity contribution < 1.29 is 9.90 Å². The van der Waals surface area contributed by atoms with E-state index in [2.05, 4.69) is 33.1 Å². The highest BCUT2D eigenvalue weighted by atomic mass is 79.9. The molecule has 2 aromatic rings. The van der Waals surface area contributed by atoms with Gasteiger partial charge in [-0.3, -0.25) is 4.79 Å². The van der Waals surface area contributed by atoms with E-state index in [0.717, 1.165) is 14.2 Å². The monoisotopic (exact) mass is 363 g/mol. The van der Waals surface area contributed by atoms with Gasteiger partial charge in [0.25, 0.3) is 5.91 Å². The minimum Gasteiger partial charge on any atom is -0.395 e. The van der Waals surface area contributed by atoms with Crippen LogP contribution in [0.2, 0.25) is 0 Å². The molecule has 0 spiro atoms. The van der Waals surface area contributed by atoms with Crippen molar-refractivity contribution in [3.63, 3.8) is 0 Å². The lowest BCUT2D eigenvalue weighted by molar-refractivity contribution is 0.0951. The molecular weight excluding hydrogens is 350 g/mol. The van der Waals surface area contributed by atoms with Gasteiger partial charge in [0.2, 0.25) is 0 Å². The Kier molecular flexibility index (Phi) is 6.00. The van der Waals surface area contributed by atoms with E-state index in [4.69, 9.17) is 5.11 Å². The lowest BCUT2D eigenvalue weighted by Crippen LogP contribution is -2.22. The predicted octanol–water partition coefficient (Wildman–Crippen LogP) is 3.17. The molecule has 1 heterocycles. The highest BCUT2D eigenvalue weighted by Crippen LogP contribution is 2.21. The van der Waals surface area contributed by atoms with E-state index in [0.29, 0.717) is 18.5 Å². The van der Waals surface area contributed by atoms with E-state index in [9.17, 15) is 4.79 Å². The maximum atomic E-state index is 12.0. The van der Waals surface area contributed by atoms with Gasteiger partial charge < -0.3 is 10.4 Å². The van der Waals surface area contributed by atoms with Crippen LogP contribution in [0, 0.1) is 11.8 Å². The molecule has 5 heteroatoms. The van der Waals surface area contributed by atoms with Crippen LogP contribution in [-0.2, 0) is 6.54 Å². The minimum atomic E-state index is -0.102. The molecule has 0 radical (unpaired) electrons. The Morgan fingerprint density at radius 3 is 2.62 bits per heavy atom. The van der Waals surface area contributed by atoms with Crippen LogP contribution in [0.5, 0.6) is 0 Å². The number of hydrogen-bond donors (Lipinski definition) is 2. The quantitative estimate of drug-likeness (QED) is 0.819. The predicted molar refractivity (Wildman–Crippen MR) is 88.2 cm³/mol. The van der Waals surface area contributed by atoms with Crippen LogP contribution in [0.4, 0.5) is 0 Å². The second-order valence-electron chi connectivity index (χ2n) is 4.24. The average molecular weight is 364 g/mol. The lowest BCUT2D eigenvalue weighted by atomic mass is 10.1. The van der Waals surface area contributed by atoms with Crippen LogP contribution in [0.15, 0.2) is 40.2 Å². The van der Waals surface area contributed by atoms with Crippen LogP contribution >= 0.6 is 27.3 Å². The molecule has 0 unspecified atom stereocenters. The van der Waals surface area contributed by atoms with Crippen molar-refractivity contribution >= 4 is 33.2 Å². The van der Waals surface area contributed by atoms with Crippen molar-refractivity contribution in [1.82, 2.24) is 5.32 Å². The topological polar surface area (TPSA) is 49.3 Å². The zero-order chi connectivity index (χ0) is 15.1. The summed E-state index contributed by atoms with van der Waals surface area (Å²) in [6, 6.07) is 11.1. The highest BCUT2D eigenvalue weighted by molar-refractivity contribution is 9.11. The molecule has 2 rings (SSSR count). The number of rotatable bonds is 4. The lowest BCUT2D eigenvalue weighted by Gasteiger charge is -2.03. The molecule has 0 aliphatic carbocycles. The van der Waals surface area contributed by atoms with Gasteiger partial charge in [0.05, 0.1) is 16.9 Å². The molecule has 108 valence electrons. The first-order valence-corrected chi connectivity index (χ1v) is 8.02. The van der Waals surface area contributed by atoms with Crippen LogP contribution < -0.4 is 5.32 Å². The van der Waals surface area contributed by atoms with E-state index in [1.54, 1.807) is 35.6 Å². The number of aliphatic hydroxyl groups is 1. The van der Waals surface area contributed by atoms with Gasteiger partial charge in [-0.05, 0) is 52.3 Å². The molecule has 0 saturated carbocycles. The molecule has 0 atom stereocenters. The van der Waals surface area contributed by atoms with Gasteiger partial charge in [-0.2, -0.15) is 0 Å². The van der Waals surface area contributed by atoms with Crippen LogP contribution in [0.1, 0.15) is 27.2 Å². The number of thiophene rings is 1. The molecule has 1 aromatic heterocycles. The Morgan fingerprint density at radius 2 is 2.00 bits per heavy atom. The average Bonchev–Trinajstić information content (AvgIpc) is 2.91. The van der Waals surface area contributed by atoms with Gasteiger partial charge in [0.1, 0.15) is 0 Å². The molecule has 0 aliphatic heterocycles. The first-order valence-electron chi connectivity index (χ1n) is 6.41. The smallest absolute Gasteiger partial charge is 0.251 e. The van der Waals surface area contributed by atoms with Crippen LogP contribution in [0.25, 0.3) is 0 Å². The minimum absolute atomic E-state index is 0.0618. The fourth-order valence-corrected chi connectivity index (χ4v) is 3.06. The summed E-state index contributed by atoms with van der Waals surface area (Å²) in [4.78, 5) is 13.1. The maximum Gasteiger partial charge on any atom is 0.251 e. The van der Waals surface area contributed by atoms with Gasteiger partial charge in [-0.25, -0.2) is 0 Å². The van der Waals surface area contributed by atoms with Crippen molar-refractivity contribution in [2.24, 2.45) is 0 Å². The van der Waals surface area contributed by atoms with Gasteiger partial charge in [0.15, 0.2) is 0 Å². The number of carbonyl (C=O) groups excluding carboxylic acids is 1. The summed E-state index contributed by atoms with van der Waals surface area (Å²) < 4.78 is 1.05. The second kappa shape index (κ2) is 7.99. The van der Waals surface area contributed by atoms with E-state index in [1.165, 1.54) is 0 Å². The molecule has 0 bridgehead atoms. The summed E-state index contributed by atoms with van der Waals surface area (Å²) >= 11 is 5.00. The fraction of sp³-hybridized carbons (Fsp3) is 0.188. The fourth-order valence-electron chi connectivity index (χ4n) is 1.64. The summed E-state index contributed by atoms with van der Waals surface area (Å²) in [5, 5.41) is 11.5. The van der Waals surface area contributed by atoms with Crippen molar-refractivity contribution in [2.75, 3.05) is 6.61 Å². The Labute approximate surface area is 136 Å². The number of carbonyl (C=O) groups is 1. The third-order valence-electron chi connectivity index (χ3n) is 2.67. The molecule has 21 heavy (non-hydrogen) atoms. The third-order valence-corrected chi connectivity index (χ3v) is 4.29. The van der Waals surface area contributed by atoms with E-state index >= 15 is 0 Å². The van der Waals surface area contributed by atoms with Crippen molar-refractivity contribution in [3.8, 4) is 11.8 Å². The summed E-state index contributed by atoms with van der Waals surface area (Å²) in [6.45, 7) is 0.583. The molecule has 1 aromatic carbocycles. The number of benzene rings is 1. The largest absolute Gasteiger partial charge is 0.395 e. The summed E-state index contributed by atoms with van der Waals surface area (Å²) in [5.41, 5.74) is 1.44. The first-order chi connectivity index (χ1) is 10.2. The maximum absolute atomic E-state index is 12.0. The first kappa shape index (κ1) is 15.8. The Bertz CT molecular complexity index is 668. The van der Waals surface area contributed by atoms with Crippen LogP contribution in [-0.4, -0.2) is 17.6 Å². The Morgan fingerprint density at radius 1 is 1.24 bits per heavy atom. The molecular formula is C16H14BrNO2S. The van der Waals surface area contributed by atoms with Crippen molar-refractivity contribution in [3.05, 3.63) is 56.2 Å². The molecule has 0 fully saturated rings. The Hall–Kier alpha value is -1.61. The van der Waals surface area contributed by atoms with Gasteiger partial charge in [-0.15, -0.1) is 11.3 Å². The molecule has 0 aliphatic rings. The van der Waals surface area contributed by atoms with E-state index < -0.39 is 0 Å². The van der Waals surface area contributed by atoms with Gasteiger partial charge in [-0.1, -0.05) is 11.8 Å². The van der Waals surface area contributed by atoms with Crippen molar-refractivity contribution in [2.45, 2.75) is 13.0 Å². The summed E-state index contributed by atoms with van der Waals surface area (Å²) in [6.07, 6.45) is 0.457. The van der Waals surface area contributed by atoms with Gasteiger partial charge >= 0.3 is 0 Å². The number of amides is 1. The molecule has 2 N–H and O–H groups in total. The Balaban J connectivity index is 1.92. The van der Waals surface area contributed by atoms with Gasteiger partial charge in [0, 0.05) is 22.4 Å². The highest BCUT2D eigenvalue weighted by Gasteiger charge is 2.05. The van der Waals surface area contributed by atoms with Crippen LogP contribution in [0.3, 0.4) is 0 Å². The van der Waals surface area contributed by atoms with Crippen molar-refractivity contribution in [1.29, 1.82) is 0 Å². The standard InChI is InChI=1S/C16H14BrNO2S/c17-15-9-8-14(21-15)11-18-16(20)13-6-4-12(5-7-13)3-1-2-10-19/h4-9,19H,2,10-11H2,(H,18,20). The zero-order valence-corrected chi connectivity index (χ0v) is 13.6. The molecule has 1 amide bonds. The summed E-state index contributed by atoms with van der Waals surface area (Å²) in [7, 11) is 0. The number of halogens is 1. The normalized spacial score (nSPS) is 9.81. The number of aliphatic hydroxyl groups excluding tert-OH is 1. The zero-order valence-electron chi connectivity index (χ0n) is 11.2. The molecule has 0 saturated heterocycles. The van der Waals surface area contributed by atoms with E-state index in [1.807, 2.05) is 12.1 Å². The third kappa shape index (κ3) is 5.01. The number of hydrogen-bond acceptors (Lipinski definition) is 3. The SMILES string of the molecule is O=C(NCc1ccc(Br)s1)c1ccc(C#CCCO)cc1.